The number of hydrogen-bond donors (Lipinski definition) is 2. The molecule has 1 saturated carbocycles. The lowest BCUT2D eigenvalue weighted by atomic mass is 9.90. The van der Waals surface area contributed by atoms with Crippen LogP contribution in [0.25, 0.3) is 0 Å². The molecule has 3 rings (SSSR count). The summed E-state index contributed by atoms with van der Waals surface area (Å²) in [5, 5.41) is 3.69. The van der Waals surface area contributed by atoms with E-state index in [1.165, 1.54) is 24.8 Å². The monoisotopic (exact) mass is 218 g/mol. The first-order valence-corrected chi connectivity index (χ1v) is 6.12. The molecular formula is C13H18N2O. The van der Waals surface area contributed by atoms with Crippen molar-refractivity contribution in [2.75, 3.05) is 12.3 Å². The summed E-state index contributed by atoms with van der Waals surface area (Å²) in [7, 11) is 0. The Balaban J connectivity index is 1.86. The van der Waals surface area contributed by atoms with Crippen molar-refractivity contribution in [2.24, 2.45) is 0 Å². The number of rotatable bonds is 2. The molecule has 3 nitrogen and oxygen atoms in total. The Labute approximate surface area is 96.0 Å². The summed E-state index contributed by atoms with van der Waals surface area (Å²) in [6, 6.07) is 7.01. The molecule has 1 aliphatic heterocycles. The van der Waals surface area contributed by atoms with Crippen LogP contribution >= 0.6 is 0 Å². The molecule has 1 atom stereocenters. The summed E-state index contributed by atoms with van der Waals surface area (Å²) in [4.78, 5) is 0. The highest BCUT2D eigenvalue weighted by Crippen LogP contribution is 2.37. The topological polar surface area (TPSA) is 47.3 Å². The maximum Gasteiger partial charge on any atom is 0.126 e. The minimum Gasteiger partial charge on any atom is -0.493 e. The Hall–Kier alpha value is -1.22. The first-order chi connectivity index (χ1) is 7.84. The molecule has 0 radical (unpaired) electrons. The van der Waals surface area contributed by atoms with Crippen LogP contribution in [0.3, 0.4) is 0 Å². The third-order valence-corrected chi connectivity index (χ3v) is 3.65. The molecule has 1 fully saturated rings. The zero-order chi connectivity index (χ0) is 11.0. The Morgan fingerprint density at radius 3 is 2.88 bits per heavy atom. The fourth-order valence-electron chi connectivity index (χ4n) is 2.52. The van der Waals surface area contributed by atoms with Crippen LogP contribution in [-0.4, -0.2) is 12.6 Å². The van der Waals surface area contributed by atoms with E-state index < -0.39 is 0 Å². The normalized spacial score (nSPS) is 24.4. The molecule has 2 aliphatic rings. The van der Waals surface area contributed by atoms with Gasteiger partial charge >= 0.3 is 0 Å². The molecule has 1 aromatic rings. The molecule has 3 heteroatoms. The van der Waals surface area contributed by atoms with Gasteiger partial charge in [-0.15, -0.1) is 0 Å². The van der Waals surface area contributed by atoms with E-state index >= 15 is 0 Å². The van der Waals surface area contributed by atoms with Crippen molar-refractivity contribution < 1.29 is 4.74 Å². The summed E-state index contributed by atoms with van der Waals surface area (Å²) >= 11 is 0. The number of fused-ring (bicyclic) bond motifs is 1. The Bertz CT molecular complexity index is 388. The van der Waals surface area contributed by atoms with Crippen molar-refractivity contribution in [1.82, 2.24) is 5.32 Å². The zero-order valence-corrected chi connectivity index (χ0v) is 9.41. The third-order valence-electron chi connectivity index (χ3n) is 3.65. The van der Waals surface area contributed by atoms with E-state index in [-0.39, 0.29) is 0 Å². The number of nitrogen functional groups attached to an aromatic ring is 1. The quantitative estimate of drug-likeness (QED) is 0.748. The van der Waals surface area contributed by atoms with Crippen molar-refractivity contribution >= 4 is 5.69 Å². The molecule has 0 spiro atoms. The zero-order valence-electron chi connectivity index (χ0n) is 9.41. The van der Waals surface area contributed by atoms with Gasteiger partial charge in [0.05, 0.1) is 6.61 Å². The van der Waals surface area contributed by atoms with Crippen molar-refractivity contribution in [3.63, 3.8) is 0 Å². The van der Waals surface area contributed by atoms with Crippen LogP contribution in [0.5, 0.6) is 5.75 Å². The molecule has 1 aromatic carbocycles. The predicted octanol–water partition coefficient (Wildman–Crippen LogP) is 2.23. The summed E-state index contributed by atoms with van der Waals surface area (Å²) in [5.74, 6) is 0.961. The molecule has 86 valence electrons. The smallest absolute Gasteiger partial charge is 0.126 e. The molecule has 1 heterocycles. The molecular weight excluding hydrogens is 200 g/mol. The second-order valence-electron chi connectivity index (χ2n) is 4.74. The van der Waals surface area contributed by atoms with E-state index in [0.29, 0.717) is 12.1 Å². The summed E-state index contributed by atoms with van der Waals surface area (Å²) < 4.78 is 5.65. The molecule has 16 heavy (non-hydrogen) atoms. The minimum absolute atomic E-state index is 0.384. The van der Waals surface area contributed by atoms with Gasteiger partial charge in [0, 0.05) is 29.8 Å². The van der Waals surface area contributed by atoms with Crippen LogP contribution < -0.4 is 15.8 Å². The minimum atomic E-state index is 0.384. The van der Waals surface area contributed by atoms with E-state index in [2.05, 4.69) is 5.32 Å². The Kier molecular flexibility index (Phi) is 2.48. The van der Waals surface area contributed by atoms with Gasteiger partial charge in [0.1, 0.15) is 5.75 Å². The number of anilines is 1. The highest BCUT2D eigenvalue weighted by Gasteiger charge is 2.27. The number of nitrogens with one attached hydrogen (secondary N) is 1. The highest BCUT2D eigenvalue weighted by atomic mass is 16.5. The Morgan fingerprint density at radius 2 is 2.12 bits per heavy atom. The molecule has 0 saturated heterocycles. The van der Waals surface area contributed by atoms with Crippen LogP contribution in [0.1, 0.15) is 37.3 Å². The summed E-state index contributed by atoms with van der Waals surface area (Å²) in [5.41, 5.74) is 8.07. The van der Waals surface area contributed by atoms with E-state index in [1.54, 1.807) is 0 Å². The van der Waals surface area contributed by atoms with Gasteiger partial charge in [-0.05, 0) is 25.0 Å². The molecule has 0 aromatic heterocycles. The Morgan fingerprint density at radius 1 is 1.25 bits per heavy atom. The highest BCUT2D eigenvalue weighted by molar-refractivity contribution is 5.56. The standard InChI is InChI=1S/C13H18N2O/c14-10-5-2-6-12-13(10)11(7-8-16-12)15-9-3-1-4-9/h2,5-6,9,11,15H,1,3-4,7-8,14H2. The SMILES string of the molecule is Nc1cccc2c1C(NC1CCC1)CCO2. The molecule has 3 N–H and O–H groups in total. The van der Waals surface area contributed by atoms with Crippen LogP contribution in [-0.2, 0) is 0 Å². The lowest BCUT2D eigenvalue weighted by Gasteiger charge is -2.35. The number of hydrogen-bond acceptors (Lipinski definition) is 3. The molecule has 1 aliphatic carbocycles. The average Bonchev–Trinajstić information content (AvgIpc) is 2.24. The van der Waals surface area contributed by atoms with Gasteiger partial charge in [0.25, 0.3) is 0 Å². The van der Waals surface area contributed by atoms with Gasteiger partial charge in [0.15, 0.2) is 0 Å². The van der Waals surface area contributed by atoms with Gasteiger partial charge in [-0.1, -0.05) is 12.5 Å². The van der Waals surface area contributed by atoms with Crippen LogP contribution in [0.2, 0.25) is 0 Å². The number of ether oxygens (including phenoxy) is 1. The third kappa shape index (κ3) is 1.65. The first kappa shape index (κ1) is 9.97. The predicted molar refractivity (Wildman–Crippen MR) is 64.5 cm³/mol. The van der Waals surface area contributed by atoms with Gasteiger partial charge in [-0.25, -0.2) is 0 Å². The van der Waals surface area contributed by atoms with Gasteiger partial charge in [-0.3, -0.25) is 0 Å². The van der Waals surface area contributed by atoms with Crippen molar-refractivity contribution in [3.8, 4) is 5.75 Å². The second-order valence-corrected chi connectivity index (χ2v) is 4.74. The van der Waals surface area contributed by atoms with Gasteiger partial charge < -0.3 is 15.8 Å². The summed E-state index contributed by atoms with van der Waals surface area (Å²) in [6.07, 6.45) is 4.99. The maximum atomic E-state index is 6.05. The van der Waals surface area contributed by atoms with E-state index in [9.17, 15) is 0 Å². The fraction of sp³-hybridized carbons (Fsp3) is 0.538. The fourth-order valence-corrected chi connectivity index (χ4v) is 2.52. The van der Waals surface area contributed by atoms with E-state index in [1.807, 2.05) is 18.2 Å². The maximum absolute atomic E-state index is 6.05. The lowest BCUT2D eigenvalue weighted by molar-refractivity contribution is 0.223. The van der Waals surface area contributed by atoms with Crippen molar-refractivity contribution in [1.29, 1.82) is 0 Å². The van der Waals surface area contributed by atoms with Gasteiger partial charge in [-0.2, -0.15) is 0 Å². The molecule has 0 amide bonds. The van der Waals surface area contributed by atoms with Crippen molar-refractivity contribution in [2.45, 2.75) is 37.8 Å². The molecule has 0 bridgehead atoms. The first-order valence-electron chi connectivity index (χ1n) is 6.12. The number of benzene rings is 1. The van der Waals surface area contributed by atoms with Crippen LogP contribution in [0, 0.1) is 0 Å². The number of nitrogens with two attached hydrogens (primary N) is 1. The van der Waals surface area contributed by atoms with E-state index in [0.717, 1.165) is 24.5 Å². The average molecular weight is 218 g/mol. The second kappa shape index (κ2) is 3.98. The van der Waals surface area contributed by atoms with Crippen LogP contribution in [0.4, 0.5) is 5.69 Å². The largest absolute Gasteiger partial charge is 0.493 e. The lowest BCUT2D eigenvalue weighted by Crippen LogP contribution is -2.39. The summed E-state index contributed by atoms with van der Waals surface area (Å²) in [6.45, 7) is 0.792. The molecule has 1 unspecified atom stereocenters. The van der Waals surface area contributed by atoms with E-state index in [4.69, 9.17) is 10.5 Å². The van der Waals surface area contributed by atoms with Crippen LogP contribution in [0.15, 0.2) is 18.2 Å². The van der Waals surface area contributed by atoms with Gasteiger partial charge in [0.2, 0.25) is 0 Å². The van der Waals surface area contributed by atoms with Crippen molar-refractivity contribution in [3.05, 3.63) is 23.8 Å².